The third-order valence-corrected chi connectivity index (χ3v) is 3.03. The van der Waals surface area contributed by atoms with E-state index < -0.39 is 0 Å². The van der Waals surface area contributed by atoms with Crippen LogP contribution in [0.15, 0.2) is 30.6 Å². The van der Waals surface area contributed by atoms with Crippen LogP contribution < -0.4 is 0 Å². The number of hydrogen-bond donors (Lipinski definition) is 0. The summed E-state index contributed by atoms with van der Waals surface area (Å²) >= 11 is 0. The summed E-state index contributed by atoms with van der Waals surface area (Å²) in [6.07, 6.45) is 3.41. The lowest BCUT2D eigenvalue weighted by Gasteiger charge is -2.10. The van der Waals surface area contributed by atoms with E-state index in [-0.39, 0.29) is 12.6 Å². The Labute approximate surface area is 112 Å². The molecule has 0 aliphatic rings. The Morgan fingerprint density at radius 2 is 1.84 bits per heavy atom. The molecule has 0 bridgehead atoms. The van der Waals surface area contributed by atoms with Gasteiger partial charge in [-0.25, -0.2) is 4.79 Å². The standard InChI is InChI=1S/C15H16N2O2/c1-10-6-8-17-12(3)14(10)15(18)19-9-13-5-4-7-16-11(13)2/h4-8H,9H2,1-3H3. The van der Waals surface area contributed by atoms with Crippen molar-refractivity contribution >= 4 is 5.97 Å². The molecule has 0 fully saturated rings. The van der Waals surface area contributed by atoms with Gasteiger partial charge in [0.05, 0.1) is 11.3 Å². The number of esters is 1. The normalized spacial score (nSPS) is 10.3. The molecule has 4 nitrogen and oxygen atoms in total. The molecular formula is C15H16N2O2. The summed E-state index contributed by atoms with van der Waals surface area (Å²) in [5.74, 6) is -0.341. The number of rotatable bonds is 3. The van der Waals surface area contributed by atoms with Gasteiger partial charge < -0.3 is 4.74 Å². The molecule has 2 heterocycles. The van der Waals surface area contributed by atoms with Gasteiger partial charge in [0.15, 0.2) is 0 Å². The second kappa shape index (κ2) is 5.61. The highest BCUT2D eigenvalue weighted by Gasteiger charge is 2.14. The largest absolute Gasteiger partial charge is 0.457 e. The maximum Gasteiger partial charge on any atom is 0.340 e. The van der Waals surface area contributed by atoms with Crippen molar-refractivity contribution in [3.63, 3.8) is 0 Å². The van der Waals surface area contributed by atoms with Crippen molar-refractivity contribution in [3.8, 4) is 0 Å². The van der Waals surface area contributed by atoms with E-state index in [1.807, 2.05) is 26.0 Å². The number of nitrogens with zero attached hydrogens (tertiary/aromatic N) is 2. The molecule has 98 valence electrons. The Bertz CT molecular complexity index is 589. The lowest BCUT2D eigenvalue weighted by Crippen LogP contribution is -2.10. The summed E-state index contributed by atoms with van der Waals surface area (Å²) in [4.78, 5) is 20.4. The molecule has 0 radical (unpaired) electrons. The van der Waals surface area contributed by atoms with Crippen LogP contribution in [-0.4, -0.2) is 15.9 Å². The molecule has 0 atom stereocenters. The molecule has 4 heteroatoms. The Balaban J connectivity index is 2.13. The van der Waals surface area contributed by atoms with Crippen molar-refractivity contribution in [2.75, 3.05) is 0 Å². The van der Waals surface area contributed by atoms with Gasteiger partial charge >= 0.3 is 5.97 Å². The zero-order valence-electron chi connectivity index (χ0n) is 11.3. The maximum atomic E-state index is 12.1. The second-order valence-electron chi connectivity index (χ2n) is 4.41. The number of hydrogen-bond acceptors (Lipinski definition) is 4. The SMILES string of the molecule is Cc1ccnc(C)c1C(=O)OCc1cccnc1C. The molecule has 19 heavy (non-hydrogen) atoms. The molecular weight excluding hydrogens is 240 g/mol. The van der Waals surface area contributed by atoms with Crippen LogP contribution in [0.4, 0.5) is 0 Å². The fourth-order valence-electron chi connectivity index (χ4n) is 1.89. The molecule has 2 aromatic heterocycles. The van der Waals surface area contributed by atoms with E-state index in [9.17, 15) is 4.79 Å². The minimum atomic E-state index is -0.341. The summed E-state index contributed by atoms with van der Waals surface area (Å²) in [5.41, 5.74) is 3.89. The van der Waals surface area contributed by atoms with Crippen molar-refractivity contribution < 1.29 is 9.53 Å². The third-order valence-electron chi connectivity index (χ3n) is 3.03. The predicted octanol–water partition coefficient (Wildman–Crippen LogP) is 2.76. The van der Waals surface area contributed by atoms with Gasteiger partial charge in [0.1, 0.15) is 6.61 Å². The van der Waals surface area contributed by atoms with Crippen LogP contribution in [0.5, 0.6) is 0 Å². The van der Waals surface area contributed by atoms with Gasteiger partial charge in [-0.2, -0.15) is 0 Å². The van der Waals surface area contributed by atoms with Crippen LogP contribution in [0.3, 0.4) is 0 Å². The van der Waals surface area contributed by atoms with Crippen LogP contribution in [0.25, 0.3) is 0 Å². The van der Waals surface area contributed by atoms with Crippen molar-refractivity contribution in [2.24, 2.45) is 0 Å². The number of ether oxygens (including phenoxy) is 1. The fourth-order valence-corrected chi connectivity index (χ4v) is 1.89. The molecule has 0 aliphatic heterocycles. The number of pyridine rings is 2. The summed E-state index contributed by atoms with van der Waals surface area (Å²) in [6.45, 7) is 5.80. The van der Waals surface area contributed by atoms with E-state index in [1.165, 1.54) is 0 Å². The molecule has 0 amide bonds. The minimum absolute atomic E-state index is 0.228. The zero-order chi connectivity index (χ0) is 13.8. The van der Waals surface area contributed by atoms with Gasteiger partial charge in [-0.1, -0.05) is 6.07 Å². The van der Waals surface area contributed by atoms with Crippen LogP contribution in [-0.2, 0) is 11.3 Å². The molecule has 0 saturated carbocycles. The summed E-state index contributed by atoms with van der Waals surface area (Å²) < 4.78 is 5.34. The first-order chi connectivity index (χ1) is 9.09. The van der Waals surface area contributed by atoms with E-state index >= 15 is 0 Å². The molecule has 2 aromatic rings. The van der Waals surface area contributed by atoms with E-state index in [0.29, 0.717) is 11.3 Å². The summed E-state index contributed by atoms with van der Waals surface area (Å²) in [5, 5.41) is 0. The highest BCUT2D eigenvalue weighted by molar-refractivity contribution is 5.92. The van der Waals surface area contributed by atoms with Gasteiger partial charge in [0.25, 0.3) is 0 Å². The molecule has 0 N–H and O–H groups in total. The first kappa shape index (κ1) is 13.2. The number of aryl methyl sites for hydroxylation is 3. The maximum absolute atomic E-state index is 12.1. The van der Waals surface area contributed by atoms with Crippen LogP contribution >= 0.6 is 0 Å². The smallest absolute Gasteiger partial charge is 0.340 e. The van der Waals surface area contributed by atoms with Crippen molar-refractivity contribution in [3.05, 3.63) is 58.7 Å². The monoisotopic (exact) mass is 256 g/mol. The Hall–Kier alpha value is -2.23. The summed E-state index contributed by atoms with van der Waals surface area (Å²) in [7, 11) is 0. The first-order valence-electron chi connectivity index (χ1n) is 6.09. The van der Waals surface area contributed by atoms with E-state index in [2.05, 4.69) is 9.97 Å². The molecule has 0 unspecified atom stereocenters. The Morgan fingerprint density at radius 1 is 1.11 bits per heavy atom. The van der Waals surface area contributed by atoms with E-state index in [0.717, 1.165) is 16.8 Å². The molecule has 0 aromatic carbocycles. The number of carbonyl (C=O) groups excluding carboxylic acids is 1. The number of aromatic nitrogens is 2. The predicted molar refractivity (Wildman–Crippen MR) is 71.8 cm³/mol. The van der Waals surface area contributed by atoms with Crippen molar-refractivity contribution in [2.45, 2.75) is 27.4 Å². The number of carbonyl (C=O) groups is 1. The van der Waals surface area contributed by atoms with Crippen LogP contribution in [0.1, 0.15) is 32.9 Å². The topological polar surface area (TPSA) is 52.1 Å². The molecule has 0 spiro atoms. The Kier molecular flexibility index (Phi) is 3.90. The Morgan fingerprint density at radius 3 is 2.53 bits per heavy atom. The zero-order valence-corrected chi connectivity index (χ0v) is 11.3. The quantitative estimate of drug-likeness (QED) is 0.792. The molecule has 0 aliphatic carbocycles. The summed E-state index contributed by atoms with van der Waals surface area (Å²) in [6, 6.07) is 5.54. The van der Waals surface area contributed by atoms with Crippen molar-refractivity contribution in [1.29, 1.82) is 0 Å². The fraction of sp³-hybridized carbons (Fsp3) is 0.267. The second-order valence-corrected chi connectivity index (χ2v) is 4.41. The highest BCUT2D eigenvalue weighted by Crippen LogP contribution is 2.14. The van der Waals surface area contributed by atoms with Gasteiger partial charge in [0, 0.05) is 23.7 Å². The third kappa shape index (κ3) is 2.96. The average Bonchev–Trinajstić information content (AvgIpc) is 2.37. The molecule has 0 saturated heterocycles. The van der Waals surface area contributed by atoms with Gasteiger partial charge in [0.2, 0.25) is 0 Å². The lowest BCUT2D eigenvalue weighted by atomic mass is 10.1. The van der Waals surface area contributed by atoms with Crippen LogP contribution in [0, 0.1) is 20.8 Å². The van der Waals surface area contributed by atoms with Gasteiger partial charge in [-0.15, -0.1) is 0 Å². The van der Waals surface area contributed by atoms with Gasteiger partial charge in [-0.3, -0.25) is 9.97 Å². The highest BCUT2D eigenvalue weighted by atomic mass is 16.5. The van der Waals surface area contributed by atoms with Gasteiger partial charge in [-0.05, 0) is 38.5 Å². The van der Waals surface area contributed by atoms with E-state index in [4.69, 9.17) is 4.74 Å². The van der Waals surface area contributed by atoms with E-state index in [1.54, 1.807) is 25.4 Å². The van der Waals surface area contributed by atoms with Crippen molar-refractivity contribution in [1.82, 2.24) is 9.97 Å². The minimum Gasteiger partial charge on any atom is -0.457 e. The van der Waals surface area contributed by atoms with Crippen LogP contribution in [0.2, 0.25) is 0 Å². The molecule has 2 rings (SSSR count). The lowest BCUT2D eigenvalue weighted by molar-refractivity contribution is 0.0469. The average molecular weight is 256 g/mol. The first-order valence-corrected chi connectivity index (χ1v) is 6.09.